The van der Waals surface area contributed by atoms with Crippen molar-refractivity contribution in [1.29, 1.82) is 0 Å². The minimum atomic E-state index is -0.274. The number of halogens is 1. The van der Waals surface area contributed by atoms with Crippen molar-refractivity contribution in [2.24, 2.45) is 5.10 Å². The van der Waals surface area contributed by atoms with E-state index in [9.17, 15) is 0 Å². The number of rotatable bonds is 3. The Labute approximate surface area is 192 Å². The van der Waals surface area contributed by atoms with E-state index in [1.807, 2.05) is 36.4 Å². The standard InChI is InChI=1S/C28H21ClN2O/c29-23-16-14-21(15-17-23)25-18-26-24-8-4-5-9-27(24)32-28(31(26)30-25)22-12-10-20(11-13-22)19-6-2-1-3-7-19/h1-17,26,28H,18H2/t26-,28-/m1/s1. The van der Waals surface area contributed by atoms with Gasteiger partial charge in [-0.1, -0.05) is 96.5 Å². The highest BCUT2D eigenvalue weighted by Gasteiger charge is 2.40. The molecule has 32 heavy (non-hydrogen) atoms. The molecule has 0 aliphatic carbocycles. The van der Waals surface area contributed by atoms with Crippen LogP contribution in [-0.2, 0) is 0 Å². The minimum Gasteiger partial charge on any atom is -0.464 e. The van der Waals surface area contributed by atoms with Crippen molar-refractivity contribution in [3.05, 3.63) is 125 Å². The van der Waals surface area contributed by atoms with Gasteiger partial charge in [0.05, 0.1) is 11.8 Å². The molecule has 6 rings (SSSR count). The number of hydrazone groups is 1. The predicted molar refractivity (Wildman–Crippen MR) is 129 cm³/mol. The van der Waals surface area contributed by atoms with E-state index in [1.165, 1.54) is 16.7 Å². The second kappa shape index (κ2) is 7.85. The zero-order chi connectivity index (χ0) is 21.5. The van der Waals surface area contributed by atoms with Crippen molar-refractivity contribution in [2.75, 3.05) is 0 Å². The Hall–Kier alpha value is -3.56. The summed E-state index contributed by atoms with van der Waals surface area (Å²) in [6, 6.07) is 35.4. The van der Waals surface area contributed by atoms with Gasteiger partial charge in [-0.25, -0.2) is 5.01 Å². The van der Waals surface area contributed by atoms with Crippen LogP contribution in [0.25, 0.3) is 11.1 Å². The molecule has 0 amide bonds. The summed E-state index contributed by atoms with van der Waals surface area (Å²) in [5, 5.41) is 7.88. The van der Waals surface area contributed by atoms with Crippen LogP contribution >= 0.6 is 11.6 Å². The molecule has 0 radical (unpaired) electrons. The van der Waals surface area contributed by atoms with Crippen LogP contribution in [0.3, 0.4) is 0 Å². The van der Waals surface area contributed by atoms with E-state index >= 15 is 0 Å². The molecule has 0 N–H and O–H groups in total. The van der Waals surface area contributed by atoms with Crippen LogP contribution in [0, 0.1) is 0 Å². The predicted octanol–water partition coefficient (Wildman–Crippen LogP) is 7.25. The molecular formula is C28H21ClN2O. The number of hydrogen-bond acceptors (Lipinski definition) is 3. The van der Waals surface area contributed by atoms with Gasteiger partial charge in [0.2, 0.25) is 6.23 Å². The van der Waals surface area contributed by atoms with E-state index in [1.54, 1.807) is 0 Å². The number of para-hydroxylation sites is 1. The van der Waals surface area contributed by atoms with Crippen molar-refractivity contribution in [3.8, 4) is 16.9 Å². The lowest BCUT2D eigenvalue weighted by molar-refractivity contribution is -0.0190. The van der Waals surface area contributed by atoms with Crippen LogP contribution in [0.5, 0.6) is 5.75 Å². The topological polar surface area (TPSA) is 24.8 Å². The summed E-state index contributed by atoms with van der Waals surface area (Å²) in [4.78, 5) is 0. The number of nitrogens with zero attached hydrogens (tertiary/aromatic N) is 2. The van der Waals surface area contributed by atoms with Crippen LogP contribution in [0.2, 0.25) is 5.02 Å². The summed E-state index contributed by atoms with van der Waals surface area (Å²) in [7, 11) is 0. The summed E-state index contributed by atoms with van der Waals surface area (Å²) >= 11 is 6.10. The fourth-order valence-corrected chi connectivity index (χ4v) is 4.67. The van der Waals surface area contributed by atoms with Gasteiger partial charge in [-0.15, -0.1) is 0 Å². The van der Waals surface area contributed by atoms with Crippen molar-refractivity contribution in [3.63, 3.8) is 0 Å². The average Bonchev–Trinajstić information content (AvgIpc) is 3.30. The van der Waals surface area contributed by atoms with Gasteiger partial charge in [0, 0.05) is 22.6 Å². The third-order valence-electron chi connectivity index (χ3n) is 6.18. The molecule has 0 fully saturated rings. The van der Waals surface area contributed by atoms with Crippen LogP contribution in [0.4, 0.5) is 0 Å². The number of hydrogen-bond donors (Lipinski definition) is 0. The Balaban J connectivity index is 1.38. The first-order chi connectivity index (χ1) is 15.8. The van der Waals surface area contributed by atoms with Crippen molar-refractivity contribution in [2.45, 2.75) is 18.7 Å². The average molecular weight is 437 g/mol. The van der Waals surface area contributed by atoms with Gasteiger partial charge in [-0.2, -0.15) is 5.10 Å². The summed E-state index contributed by atoms with van der Waals surface area (Å²) in [6.07, 6.45) is 0.560. The first-order valence-electron chi connectivity index (χ1n) is 10.8. The van der Waals surface area contributed by atoms with E-state index in [2.05, 4.69) is 71.7 Å². The Bertz CT molecular complexity index is 1280. The fraction of sp³-hybridized carbons (Fsp3) is 0.107. The van der Waals surface area contributed by atoms with Crippen molar-refractivity contribution in [1.82, 2.24) is 5.01 Å². The quantitative estimate of drug-likeness (QED) is 0.338. The number of benzene rings is 4. The molecule has 0 unspecified atom stereocenters. The van der Waals surface area contributed by atoms with Crippen molar-refractivity contribution >= 4 is 17.3 Å². The van der Waals surface area contributed by atoms with E-state index < -0.39 is 0 Å². The van der Waals surface area contributed by atoms with E-state index in [0.717, 1.165) is 34.0 Å². The first kappa shape index (κ1) is 19.1. The molecule has 0 saturated carbocycles. The zero-order valence-corrected chi connectivity index (χ0v) is 18.1. The second-order valence-corrected chi connectivity index (χ2v) is 8.59. The lowest BCUT2D eigenvalue weighted by Crippen LogP contribution is -2.33. The Morgan fingerprint density at radius 1 is 0.719 bits per heavy atom. The lowest BCUT2D eigenvalue weighted by atomic mass is 9.95. The van der Waals surface area contributed by atoms with Crippen LogP contribution in [0.1, 0.15) is 35.4 Å². The van der Waals surface area contributed by atoms with E-state index in [-0.39, 0.29) is 12.3 Å². The van der Waals surface area contributed by atoms with Gasteiger partial charge in [-0.05, 0) is 34.9 Å². The van der Waals surface area contributed by atoms with Crippen molar-refractivity contribution < 1.29 is 4.74 Å². The Morgan fingerprint density at radius 2 is 1.38 bits per heavy atom. The van der Waals surface area contributed by atoms with Gasteiger partial charge in [0.15, 0.2) is 0 Å². The maximum absolute atomic E-state index is 6.48. The highest BCUT2D eigenvalue weighted by atomic mass is 35.5. The molecule has 4 heteroatoms. The Kier molecular flexibility index (Phi) is 4.70. The lowest BCUT2D eigenvalue weighted by Gasteiger charge is -2.38. The third-order valence-corrected chi connectivity index (χ3v) is 6.43. The van der Waals surface area contributed by atoms with E-state index in [4.69, 9.17) is 21.4 Å². The van der Waals surface area contributed by atoms with Crippen LogP contribution in [-0.4, -0.2) is 10.7 Å². The first-order valence-corrected chi connectivity index (χ1v) is 11.2. The minimum absolute atomic E-state index is 0.143. The maximum atomic E-state index is 6.48. The van der Waals surface area contributed by atoms with Gasteiger partial charge in [0.1, 0.15) is 5.75 Å². The molecule has 2 atom stereocenters. The number of ether oxygens (including phenoxy) is 1. The molecule has 4 aromatic rings. The zero-order valence-electron chi connectivity index (χ0n) is 17.4. The maximum Gasteiger partial charge on any atom is 0.213 e. The molecule has 3 nitrogen and oxygen atoms in total. The summed E-state index contributed by atoms with van der Waals surface area (Å²) in [5.74, 6) is 0.929. The summed E-state index contributed by atoms with van der Waals surface area (Å²) in [5.41, 5.74) is 6.81. The van der Waals surface area contributed by atoms with E-state index in [0.29, 0.717) is 0 Å². The molecule has 2 aliphatic heterocycles. The largest absolute Gasteiger partial charge is 0.464 e. The van der Waals surface area contributed by atoms with Crippen LogP contribution < -0.4 is 4.74 Å². The van der Waals surface area contributed by atoms with Gasteiger partial charge in [-0.3, -0.25) is 0 Å². The third kappa shape index (κ3) is 3.35. The monoisotopic (exact) mass is 436 g/mol. The summed E-state index contributed by atoms with van der Waals surface area (Å²) in [6.45, 7) is 0. The smallest absolute Gasteiger partial charge is 0.213 e. The molecule has 0 spiro atoms. The molecule has 2 aliphatic rings. The van der Waals surface area contributed by atoms with Gasteiger partial charge in [0.25, 0.3) is 0 Å². The highest BCUT2D eigenvalue weighted by molar-refractivity contribution is 6.30. The SMILES string of the molecule is Clc1ccc(C2=NN3[C@H](C2)c2ccccc2O[C@@H]3c2ccc(-c3ccccc3)cc2)cc1. The fourth-order valence-electron chi connectivity index (χ4n) is 4.54. The highest BCUT2D eigenvalue weighted by Crippen LogP contribution is 2.47. The molecule has 2 heterocycles. The summed E-state index contributed by atoms with van der Waals surface area (Å²) < 4.78 is 6.48. The Morgan fingerprint density at radius 3 is 2.16 bits per heavy atom. The molecule has 156 valence electrons. The molecule has 0 saturated heterocycles. The van der Waals surface area contributed by atoms with Crippen LogP contribution in [0.15, 0.2) is 108 Å². The molecular weight excluding hydrogens is 416 g/mol. The molecule has 0 aromatic heterocycles. The van der Waals surface area contributed by atoms with Gasteiger partial charge < -0.3 is 4.74 Å². The normalized spacial score (nSPS) is 19.0. The molecule has 4 aromatic carbocycles. The molecule has 0 bridgehead atoms. The van der Waals surface area contributed by atoms with Gasteiger partial charge >= 0.3 is 0 Å². The second-order valence-electron chi connectivity index (χ2n) is 8.15. The number of fused-ring (bicyclic) bond motifs is 3.